The Bertz CT molecular complexity index is 1260. The minimum absolute atomic E-state index is 0.113. The number of rotatable bonds is 7. The first-order valence-electron chi connectivity index (χ1n) is 9.43. The van der Waals surface area contributed by atoms with E-state index in [9.17, 15) is 18.0 Å². The first-order chi connectivity index (χ1) is 14.7. The van der Waals surface area contributed by atoms with E-state index in [1.165, 1.54) is 18.2 Å². The van der Waals surface area contributed by atoms with Crippen LogP contribution in [0.25, 0.3) is 11.4 Å². The molecule has 0 saturated carbocycles. The molecule has 0 spiro atoms. The molecule has 2 aromatic carbocycles. The lowest BCUT2D eigenvalue weighted by Crippen LogP contribution is -2.37. The van der Waals surface area contributed by atoms with Crippen LogP contribution in [-0.2, 0) is 14.8 Å². The van der Waals surface area contributed by atoms with Crippen molar-refractivity contribution in [2.24, 2.45) is 0 Å². The average molecular weight is 505 g/mol. The van der Waals surface area contributed by atoms with E-state index in [0.29, 0.717) is 22.8 Å². The van der Waals surface area contributed by atoms with Gasteiger partial charge in [-0.1, -0.05) is 35.0 Å². The number of aromatic amines is 1. The summed E-state index contributed by atoms with van der Waals surface area (Å²) in [5.41, 5.74) is 1.38. The molecule has 3 rings (SSSR count). The Kier molecular flexibility index (Phi) is 7.04. The topological polar surface area (TPSA) is 112 Å². The summed E-state index contributed by atoms with van der Waals surface area (Å²) in [6, 6.07) is 14.4. The molecular formula is C21H21BrN4O4S. The van der Waals surface area contributed by atoms with Crippen molar-refractivity contribution in [2.75, 3.05) is 18.4 Å². The van der Waals surface area contributed by atoms with Crippen LogP contribution in [0, 0.1) is 6.92 Å². The number of H-pyrrole nitrogens is 1. The summed E-state index contributed by atoms with van der Waals surface area (Å²) < 4.78 is 27.6. The Labute approximate surface area is 188 Å². The highest BCUT2D eigenvalue weighted by Gasteiger charge is 2.25. The fourth-order valence-corrected chi connectivity index (χ4v) is 4.61. The Morgan fingerprint density at radius 1 is 1.16 bits per heavy atom. The third-order valence-corrected chi connectivity index (χ3v) is 6.88. The van der Waals surface area contributed by atoms with Crippen molar-refractivity contribution in [3.05, 3.63) is 75.1 Å². The van der Waals surface area contributed by atoms with Gasteiger partial charge in [0.15, 0.2) is 0 Å². The average Bonchev–Trinajstić information content (AvgIpc) is 2.71. The van der Waals surface area contributed by atoms with E-state index in [1.54, 1.807) is 50.2 Å². The Hall–Kier alpha value is -2.82. The third-order valence-electron chi connectivity index (χ3n) is 4.41. The number of likely N-dealkylation sites (N-methyl/N-ethyl adjacent to an activating group) is 1. The largest absolute Gasteiger partial charge is 0.325 e. The molecular weight excluding hydrogens is 484 g/mol. The second-order valence-electron chi connectivity index (χ2n) is 6.75. The van der Waals surface area contributed by atoms with Crippen molar-refractivity contribution >= 4 is 37.5 Å². The normalized spacial score (nSPS) is 11.5. The highest BCUT2D eigenvalue weighted by molar-refractivity contribution is 9.10. The minimum atomic E-state index is -3.81. The number of nitrogens with zero attached hydrogens (tertiary/aromatic N) is 2. The van der Waals surface area contributed by atoms with E-state index in [2.05, 4.69) is 31.2 Å². The number of aryl methyl sites for hydroxylation is 1. The van der Waals surface area contributed by atoms with Crippen LogP contribution in [0.3, 0.4) is 0 Å². The molecule has 1 aromatic heterocycles. The number of anilines is 1. The lowest BCUT2D eigenvalue weighted by molar-refractivity contribution is -0.116. The van der Waals surface area contributed by atoms with Crippen LogP contribution in [-0.4, -0.2) is 41.7 Å². The highest BCUT2D eigenvalue weighted by Crippen LogP contribution is 2.20. The molecule has 10 heteroatoms. The lowest BCUT2D eigenvalue weighted by Gasteiger charge is -2.20. The molecule has 2 N–H and O–H groups in total. The molecule has 0 radical (unpaired) electrons. The molecule has 0 bridgehead atoms. The van der Waals surface area contributed by atoms with Gasteiger partial charge >= 0.3 is 0 Å². The highest BCUT2D eigenvalue weighted by atomic mass is 79.9. The number of halogens is 1. The molecule has 3 aromatic rings. The summed E-state index contributed by atoms with van der Waals surface area (Å²) in [4.78, 5) is 31.3. The van der Waals surface area contributed by atoms with Crippen molar-refractivity contribution in [2.45, 2.75) is 18.7 Å². The molecule has 0 aliphatic carbocycles. The molecule has 8 nitrogen and oxygen atoms in total. The summed E-state index contributed by atoms with van der Waals surface area (Å²) >= 11 is 3.28. The molecule has 0 aliphatic rings. The number of hydrogen-bond donors (Lipinski definition) is 2. The molecule has 0 aliphatic heterocycles. The van der Waals surface area contributed by atoms with Gasteiger partial charge in [-0.25, -0.2) is 13.4 Å². The van der Waals surface area contributed by atoms with E-state index in [0.717, 1.165) is 8.78 Å². The van der Waals surface area contributed by atoms with Gasteiger partial charge in [0, 0.05) is 34.0 Å². The second-order valence-corrected chi connectivity index (χ2v) is 9.60. The predicted octanol–water partition coefficient (Wildman–Crippen LogP) is 3.16. The molecule has 1 heterocycles. The van der Waals surface area contributed by atoms with Crippen LogP contribution in [0.5, 0.6) is 0 Å². The fraction of sp³-hybridized carbons (Fsp3) is 0.190. The van der Waals surface area contributed by atoms with E-state index in [4.69, 9.17) is 0 Å². The third kappa shape index (κ3) is 5.66. The first kappa shape index (κ1) is 22.9. The SMILES string of the molecule is CCN(CC(=O)Nc1cccc(-c2nc(C)cc(=O)[nH]2)c1)S(=O)(=O)c1ccc(Br)cc1. The van der Waals surface area contributed by atoms with Gasteiger partial charge in [0.1, 0.15) is 5.82 Å². The minimum Gasteiger partial charge on any atom is -0.325 e. The number of hydrogen-bond acceptors (Lipinski definition) is 5. The summed E-state index contributed by atoms with van der Waals surface area (Å²) in [5.74, 6) is -0.0977. The Morgan fingerprint density at radius 3 is 2.52 bits per heavy atom. The van der Waals surface area contributed by atoms with E-state index < -0.39 is 15.9 Å². The number of benzene rings is 2. The lowest BCUT2D eigenvalue weighted by atomic mass is 10.2. The summed E-state index contributed by atoms with van der Waals surface area (Å²) in [6.07, 6.45) is 0. The van der Waals surface area contributed by atoms with Crippen LogP contribution in [0.2, 0.25) is 0 Å². The molecule has 0 fully saturated rings. The number of carbonyl (C=O) groups excluding carboxylic acids is 1. The maximum absolute atomic E-state index is 12.9. The number of sulfonamides is 1. The smallest absolute Gasteiger partial charge is 0.251 e. The number of aromatic nitrogens is 2. The van der Waals surface area contributed by atoms with Crippen molar-refractivity contribution < 1.29 is 13.2 Å². The van der Waals surface area contributed by atoms with Gasteiger partial charge in [0.2, 0.25) is 15.9 Å². The second kappa shape index (κ2) is 9.54. The monoisotopic (exact) mass is 504 g/mol. The zero-order valence-corrected chi connectivity index (χ0v) is 19.3. The number of amides is 1. The van der Waals surface area contributed by atoms with Crippen molar-refractivity contribution in [1.29, 1.82) is 0 Å². The van der Waals surface area contributed by atoms with E-state index >= 15 is 0 Å². The number of carbonyl (C=O) groups is 1. The van der Waals surface area contributed by atoms with E-state index in [-0.39, 0.29) is 23.5 Å². The zero-order valence-electron chi connectivity index (χ0n) is 16.9. The van der Waals surface area contributed by atoms with Gasteiger partial charge in [-0.05, 0) is 43.3 Å². The molecule has 0 unspecified atom stereocenters. The summed E-state index contributed by atoms with van der Waals surface area (Å²) in [7, 11) is -3.81. The Balaban J connectivity index is 1.76. The molecule has 0 atom stereocenters. The van der Waals surface area contributed by atoms with Crippen LogP contribution in [0.1, 0.15) is 12.6 Å². The van der Waals surface area contributed by atoms with E-state index in [1.807, 2.05) is 0 Å². The van der Waals surface area contributed by atoms with Crippen LogP contribution in [0.4, 0.5) is 5.69 Å². The predicted molar refractivity (Wildman–Crippen MR) is 122 cm³/mol. The fourth-order valence-electron chi connectivity index (χ4n) is 2.94. The van der Waals surface area contributed by atoms with Crippen LogP contribution in [0.15, 0.2) is 68.8 Å². The van der Waals surface area contributed by atoms with Crippen molar-refractivity contribution in [1.82, 2.24) is 14.3 Å². The molecule has 1 amide bonds. The zero-order chi connectivity index (χ0) is 22.6. The van der Waals surface area contributed by atoms with Gasteiger partial charge in [0.25, 0.3) is 5.56 Å². The van der Waals surface area contributed by atoms with Crippen molar-refractivity contribution in [3.63, 3.8) is 0 Å². The summed E-state index contributed by atoms with van der Waals surface area (Å²) in [5, 5.41) is 2.71. The van der Waals surface area contributed by atoms with Gasteiger partial charge in [0.05, 0.1) is 11.4 Å². The van der Waals surface area contributed by atoms with Gasteiger partial charge in [-0.2, -0.15) is 4.31 Å². The first-order valence-corrected chi connectivity index (χ1v) is 11.7. The van der Waals surface area contributed by atoms with Gasteiger partial charge in [-0.15, -0.1) is 0 Å². The van der Waals surface area contributed by atoms with Crippen LogP contribution < -0.4 is 10.9 Å². The molecule has 0 saturated heterocycles. The maximum Gasteiger partial charge on any atom is 0.251 e. The quantitative estimate of drug-likeness (QED) is 0.513. The van der Waals surface area contributed by atoms with Gasteiger partial charge in [-0.3, -0.25) is 9.59 Å². The number of nitrogens with one attached hydrogen (secondary N) is 2. The summed E-state index contributed by atoms with van der Waals surface area (Å²) in [6.45, 7) is 3.19. The standard InChI is InChI=1S/C21H21BrN4O4S/c1-3-26(31(29,30)18-9-7-16(22)8-10-18)13-20(28)24-17-6-4-5-15(12-17)21-23-14(2)11-19(27)25-21/h4-12H,3,13H2,1-2H3,(H,24,28)(H,23,25,27). The maximum atomic E-state index is 12.9. The molecule has 162 valence electrons. The van der Waals surface area contributed by atoms with Crippen molar-refractivity contribution in [3.8, 4) is 11.4 Å². The molecule has 31 heavy (non-hydrogen) atoms. The van der Waals surface area contributed by atoms with Crippen LogP contribution >= 0.6 is 15.9 Å². The Morgan fingerprint density at radius 2 is 1.87 bits per heavy atom. The van der Waals surface area contributed by atoms with Gasteiger partial charge < -0.3 is 10.3 Å².